The Morgan fingerprint density at radius 1 is 0.828 bits per heavy atom. The summed E-state index contributed by atoms with van der Waals surface area (Å²) in [6.45, 7) is 16.1. The maximum atomic E-state index is 12.3. The van der Waals surface area contributed by atoms with Crippen LogP contribution in [0.25, 0.3) is 0 Å². The highest BCUT2D eigenvalue weighted by Crippen LogP contribution is 2.91. The summed E-state index contributed by atoms with van der Waals surface area (Å²) in [7, 11) is 0. The molecule has 5 heterocycles. The Bertz CT molecular complexity index is 1650. The predicted molar refractivity (Wildman–Crippen MR) is 205 cm³/mol. The first-order valence-corrected chi connectivity index (χ1v) is 22.4. The molecule has 13 nitrogen and oxygen atoms in total. The van der Waals surface area contributed by atoms with E-state index in [0.29, 0.717) is 37.2 Å². The second-order valence-electron chi connectivity index (χ2n) is 20.5. The summed E-state index contributed by atoms with van der Waals surface area (Å²) in [5.74, 6) is 1.44. The lowest BCUT2D eigenvalue weighted by Crippen LogP contribution is -2.60. The van der Waals surface area contributed by atoms with Crippen molar-refractivity contribution < 1.29 is 62.7 Å². The van der Waals surface area contributed by atoms with E-state index in [1.54, 1.807) is 6.92 Å². The maximum absolute atomic E-state index is 12.3. The summed E-state index contributed by atoms with van der Waals surface area (Å²) >= 11 is 0. The molecule has 0 amide bonds. The molecule has 0 radical (unpaired) electrons. The molecule has 0 aromatic heterocycles. The number of fused-ring (bicyclic) bond motifs is 2. The highest BCUT2D eigenvalue weighted by atomic mass is 16.7. The van der Waals surface area contributed by atoms with Gasteiger partial charge in [0, 0.05) is 31.6 Å². The minimum atomic E-state index is -0.896. The number of hydrogen-bond acceptors (Lipinski definition) is 13. The molecule has 3 spiro atoms. The second kappa shape index (κ2) is 13.9. The molecule has 5 aliphatic heterocycles. The highest BCUT2D eigenvalue weighted by molar-refractivity contribution is 5.66. The van der Waals surface area contributed by atoms with Crippen LogP contribution in [0.3, 0.4) is 0 Å². The molecule has 0 aromatic carbocycles. The molecule has 0 aromatic rings. The Balaban J connectivity index is 0.718. The fourth-order valence-corrected chi connectivity index (χ4v) is 14.7. The zero-order chi connectivity index (χ0) is 40.7. The molecule has 3 N–H and O–H groups in total. The van der Waals surface area contributed by atoms with Crippen LogP contribution in [0, 0.1) is 34.5 Å². The Morgan fingerprint density at radius 3 is 2.14 bits per heavy atom. The number of esters is 1. The third-order valence-electron chi connectivity index (χ3n) is 17.3. The van der Waals surface area contributed by atoms with Gasteiger partial charge in [-0.15, -0.1) is 0 Å². The number of epoxide rings is 1. The van der Waals surface area contributed by atoms with Crippen LogP contribution in [0.1, 0.15) is 119 Å². The zero-order valence-corrected chi connectivity index (χ0v) is 35.1. The standard InChI is InChI=1S/C45H66O13/c1-22-14-35(51-24(3)38(22)56-37-18-32(47)39(25(4)53-37)54-27(6)46)57-40-26(5)52-36(17-33(40)48)55-30-9-11-41(7)29(16-30)8-12-44-34(41)19-42(49)21-43(42)31(10-13-45(43,44)58-44)28-15-23(2)50-20-28/h15,22,24-26,29-40,47-49H,2,8-14,16-21H2,1,3-7H3/t22?,24?,25?,26?,29?,30?,31?,32?,33?,34?,35?,36?,37?,38?,39?,40?,41?,42?,43?,44-,45?/m1/s1. The van der Waals surface area contributed by atoms with Gasteiger partial charge >= 0.3 is 5.97 Å². The van der Waals surface area contributed by atoms with E-state index < -0.39 is 67.1 Å². The van der Waals surface area contributed by atoms with Crippen LogP contribution in [-0.4, -0.2) is 119 Å². The van der Waals surface area contributed by atoms with Crippen molar-refractivity contribution in [1.82, 2.24) is 0 Å². The van der Waals surface area contributed by atoms with Crippen molar-refractivity contribution in [2.24, 2.45) is 34.5 Å². The molecule has 10 rings (SSSR count). The summed E-state index contributed by atoms with van der Waals surface area (Å²) < 4.78 is 56.3. The smallest absolute Gasteiger partial charge is 0.303 e. The number of aliphatic hydroxyl groups is 3. The maximum Gasteiger partial charge on any atom is 0.303 e. The third-order valence-corrected chi connectivity index (χ3v) is 17.3. The van der Waals surface area contributed by atoms with Gasteiger partial charge in [0.2, 0.25) is 0 Å². The van der Waals surface area contributed by atoms with Gasteiger partial charge in [-0.3, -0.25) is 4.79 Å². The van der Waals surface area contributed by atoms with Crippen LogP contribution in [-0.2, 0) is 47.4 Å². The Labute approximate surface area is 342 Å². The third kappa shape index (κ3) is 5.94. The van der Waals surface area contributed by atoms with Crippen molar-refractivity contribution in [2.45, 2.75) is 209 Å². The molecule has 20 unspecified atom stereocenters. The average Bonchev–Trinajstić information content (AvgIpc) is 3.86. The summed E-state index contributed by atoms with van der Waals surface area (Å²) in [6.07, 6.45) is 5.68. The van der Waals surface area contributed by atoms with Crippen LogP contribution in [0.5, 0.6) is 0 Å². The minimum Gasteiger partial charge on any atom is -0.490 e. The van der Waals surface area contributed by atoms with E-state index in [2.05, 4.69) is 26.5 Å². The first-order chi connectivity index (χ1) is 27.5. The first-order valence-electron chi connectivity index (χ1n) is 22.4. The van der Waals surface area contributed by atoms with E-state index in [0.717, 1.165) is 63.5 Å². The van der Waals surface area contributed by atoms with Crippen LogP contribution in [0.4, 0.5) is 0 Å². The van der Waals surface area contributed by atoms with Crippen molar-refractivity contribution in [1.29, 1.82) is 0 Å². The minimum absolute atomic E-state index is 0.0386. The molecule has 324 valence electrons. The summed E-state index contributed by atoms with van der Waals surface area (Å²) in [6, 6.07) is 0. The Kier molecular flexibility index (Phi) is 9.71. The molecule has 21 atom stereocenters. The van der Waals surface area contributed by atoms with Gasteiger partial charge in [-0.1, -0.05) is 20.4 Å². The fraction of sp³-hybridized carbons (Fsp3) is 0.889. The largest absolute Gasteiger partial charge is 0.490 e. The van der Waals surface area contributed by atoms with E-state index in [9.17, 15) is 20.1 Å². The van der Waals surface area contributed by atoms with Gasteiger partial charge in [0.05, 0.1) is 48.3 Å². The lowest BCUT2D eigenvalue weighted by atomic mass is 9.46. The fourth-order valence-electron chi connectivity index (χ4n) is 14.7. The van der Waals surface area contributed by atoms with E-state index in [1.807, 2.05) is 13.8 Å². The number of hydrogen-bond donors (Lipinski definition) is 3. The van der Waals surface area contributed by atoms with Crippen molar-refractivity contribution >= 4 is 5.97 Å². The Hall–Kier alpha value is -1.65. The molecule has 0 bridgehead atoms. The SMILES string of the molecule is C=C1C=C(C2CCC34O[C@@]35CCC3CC(OC6CC(O)C(OC7CC(C)C(OC8CC(O)C(OC(C)=O)C(C)O8)C(C)O7)C(C)O6)CCC3(C)C5CC3(O)CC234)CO1. The zero-order valence-electron chi connectivity index (χ0n) is 35.1. The number of carbonyl (C=O) groups excluding carboxylic acids is 1. The predicted octanol–water partition coefficient (Wildman–Crippen LogP) is 4.97. The topological polar surface area (TPSA) is 164 Å². The lowest BCUT2D eigenvalue weighted by molar-refractivity contribution is -0.331. The second-order valence-corrected chi connectivity index (χ2v) is 20.5. The molecule has 4 saturated heterocycles. The Morgan fingerprint density at radius 2 is 1.48 bits per heavy atom. The molecule has 13 heteroatoms. The lowest BCUT2D eigenvalue weighted by Gasteiger charge is -2.57. The van der Waals surface area contributed by atoms with Gasteiger partial charge in [0.25, 0.3) is 0 Å². The summed E-state index contributed by atoms with van der Waals surface area (Å²) in [5, 5.41) is 34.4. The number of ether oxygens (including phenoxy) is 9. The number of carbonyl (C=O) groups is 1. The number of allylic oxidation sites excluding steroid dienone is 1. The monoisotopic (exact) mass is 814 g/mol. The van der Waals surface area contributed by atoms with Gasteiger partial charge in [0.1, 0.15) is 29.7 Å². The van der Waals surface area contributed by atoms with E-state index in [-0.39, 0.29) is 52.7 Å². The molecular formula is C45H66O13. The number of rotatable bonds is 8. The van der Waals surface area contributed by atoms with Gasteiger partial charge < -0.3 is 58.0 Å². The first kappa shape index (κ1) is 40.4. The van der Waals surface area contributed by atoms with Gasteiger partial charge in [0.15, 0.2) is 25.0 Å². The number of aliphatic hydroxyl groups excluding tert-OH is 2. The molecule has 10 aliphatic rings. The van der Waals surface area contributed by atoms with E-state index >= 15 is 0 Å². The molecular weight excluding hydrogens is 748 g/mol. The quantitative estimate of drug-likeness (QED) is 0.171. The summed E-state index contributed by atoms with van der Waals surface area (Å²) in [5.41, 5.74) is 0.176. The molecule has 5 aliphatic carbocycles. The molecule has 58 heavy (non-hydrogen) atoms. The highest BCUT2D eigenvalue weighted by Gasteiger charge is 2.98. The normalized spacial score (nSPS) is 56.8. The summed E-state index contributed by atoms with van der Waals surface area (Å²) in [4.78, 5) is 11.5. The van der Waals surface area contributed by atoms with E-state index in [1.165, 1.54) is 12.5 Å². The van der Waals surface area contributed by atoms with Crippen molar-refractivity contribution in [3.8, 4) is 0 Å². The van der Waals surface area contributed by atoms with Gasteiger partial charge in [-0.05, 0) is 119 Å². The van der Waals surface area contributed by atoms with Crippen molar-refractivity contribution in [3.05, 3.63) is 24.0 Å². The van der Waals surface area contributed by atoms with Gasteiger partial charge in [-0.2, -0.15) is 0 Å². The van der Waals surface area contributed by atoms with E-state index in [4.69, 9.17) is 42.6 Å². The van der Waals surface area contributed by atoms with Crippen molar-refractivity contribution in [2.75, 3.05) is 6.61 Å². The van der Waals surface area contributed by atoms with Gasteiger partial charge in [-0.25, -0.2) is 0 Å². The molecule has 5 saturated carbocycles. The van der Waals surface area contributed by atoms with Crippen LogP contribution in [0.2, 0.25) is 0 Å². The molecule has 9 fully saturated rings. The van der Waals surface area contributed by atoms with Crippen LogP contribution >= 0.6 is 0 Å². The van der Waals surface area contributed by atoms with Crippen molar-refractivity contribution in [3.63, 3.8) is 0 Å². The van der Waals surface area contributed by atoms with Crippen LogP contribution < -0.4 is 0 Å². The average molecular weight is 815 g/mol. The van der Waals surface area contributed by atoms with Crippen LogP contribution in [0.15, 0.2) is 24.0 Å².